The lowest BCUT2D eigenvalue weighted by Gasteiger charge is -2.27. The number of fused-ring (bicyclic) bond motifs is 1. The summed E-state index contributed by atoms with van der Waals surface area (Å²) in [5, 5.41) is 12.8. The third-order valence-electron chi connectivity index (χ3n) is 9.28. The molecule has 1 amide bonds. The lowest BCUT2D eigenvalue weighted by molar-refractivity contribution is -0.139. The van der Waals surface area contributed by atoms with Gasteiger partial charge in [-0.3, -0.25) is 19.4 Å². The number of amides is 1. The molecule has 0 bridgehead atoms. The second-order valence-corrected chi connectivity index (χ2v) is 13.6. The van der Waals surface area contributed by atoms with E-state index in [2.05, 4.69) is 10.3 Å². The molecule has 7 nitrogen and oxygen atoms in total. The maximum atomic E-state index is 14.3. The predicted octanol–water partition coefficient (Wildman–Crippen LogP) is 7.88. The molecule has 5 rings (SSSR count). The van der Waals surface area contributed by atoms with Crippen LogP contribution in [-0.4, -0.2) is 26.5 Å². The first-order chi connectivity index (χ1) is 23.6. The van der Waals surface area contributed by atoms with E-state index in [1.54, 1.807) is 24.4 Å². The molecule has 2 aromatic carbocycles. The maximum absolute atomic E-state index is 14.3. The first-order valence-corrected chi connectivity index (χ1v) is 16.8. The van der Waals surface area contributed by atoms with Gasteiger partial charge in [-0.25, -0.2) is 4.39 Å². The Kier molecular flexibility index (Phi) is 10.9. The number of pyridine rings is 2. The molecule has 0 saturated carbocycles. The van der Waals surface area contributed by atoms with Crippen LogP contribution in [0.25, 0.3) is 11.1 Å². The number of nitrogens with zero attached hydrogens (tertiary/aromatic N) is 2. The van der Waals surface area contributed by atoms with E-state index in [1.165, 1.54) is 12.1 Å². The minimum Gasteiger partial charge on any atom is -0.481 e. The number of hydrogen-bond acceptors (Lipinski definition) is 4. The van der Waals surface area contributed by atoms with Crippen molar-refractivity contribution in [2.24, 2.45) is 5.92 Å². The van der Waals surface area contributed by atoms with Crippen LogP contribution in [0.4, 0.5) is 17.6 Å². The average molecular weight is 692 g/mol. The Labute approximate surface area is 288 Å². The van der Waals surface area contributed by atoms with Gasteiger partial charge in [0.1, 0.15) is 11.9 Å². The summed E-state index contributed by atoms with van der Waals surface area (Å²) >= 11 is 0. The first kappa shape index (κ1) is 36.5. The number of nitrogens with one attached hydrogen (secondary N) is 1. The molecule has 11 heteroatoms. The standard InChI is InChI=1S/C39H41F4N3O4/c1-22(2)14-34(46-21-26(11-12-29-9-5-6-13-44-29)32(19-35(46)47)39(41,42)43)38(50)45-33(20-36(48)49)27-17-25-8-7-10-30(25)31(18-27)37-23(3)15-28(40)16-24(37)4/h5-6,9,13,15-19,21-22,33-34H,7-8,10-12,14,20H2,1-4H3,(H,45,50)(H,48,49). The minimum absolute atomic E-state index is 0.0794. The zero-order valence-electron chi connectivity index (χ0n) is 28.5. The van der Waals surface area contributed by atoms with Crippen molar-refractivity contribution in [3.63, 3.8) is 0 Å². The zero-order valence-corrected chi connectivity index (χ0v) is 28.5. The van der Waals surface area contributed by atoms with Crippen LogP contribution in [0.2, 0.25) is 0 Å². The van der Waals surface area contributed by atoms with Crippen molar-refractivity contribution < 1.29 is 32.3 Å². The van der Waals surface area contributed by atoms with Crippen molar-refractivity contribution in [1.29, 1.82) is 0 Å². The molecule has 0 radical (unpaired) electrons. The molecule has 4 aromatic rings. The maximum Gasteiger partial charge on any atom is 0.416 e. The summed E-state index contributed by atoms with van der Waals surface area (Å²) in [5.74, 6) is -2.36. The van der Waals surface area contributed by atoms with Crippen molar-refractivity contribution in [2.75, 3.05) is 0 Å². The second kappa shape index (κ2) is 15.0. The summed E-state index contributed by atoms with van der Waals surface area (Å²) in [6.45, 7) is 7.29. The van der Waals surface area contributed by atoms with Crippen molar-refractivity contribution >= 4 is 11.9 Å². The first-order valence-electron chi connectivity index (χ1n) is 16.8. The molecular weight excluding hydrogens is 650 g/mol. The molecule has 0 aliphatic heterocycles. The summed E-state index contributed by atoms with van der Waals surface area (Å²) in [6.07, 6.45) is 0.0282. The number of aromatic nitrogens is 2. The van der Waals surface area contributed by atoms with Gasteiger partial charge in [-0.15, -0.1) is 0 Å². The van der Waals surface area contributed by atoms with Crippen LogP contribution in [0.15, 0.2) is 65.7 Å². The Morgan fingerprint density at radius 2 is 1.74 bits per heavy atom. The molecule has 2 heterocycles. The summed E-state index contributed by atoms with van der Waals surface area (Å²) < 4.78 is 57.7. The molecule has 0 fully saturated rings. The lowest BCUT2D eigenvalue weighted by Crippen LogP contribution is -2.40. The molecule has 2 unspecified atom stereocenters. The van der Waals surface area contributed by atoms with Crippen molar-refractivity contribution in [1.82, 2.24) is 14.9 Å². The van der Waals surface area contributed by atoms with E-state index in [1.807, 2.05) is 39.8 Å². The van der Waals surface area contributed by atoms with Crippen molar-refractivity contribution in [3.05, 3.63) is 122 Å². The zero-order chi connectivity index (χ0) is 36.3. The third kappa shape index (κ3) is 8.31. The van der Waals surface area contributed by atoms with Crippen LogP contribution in [0.5, 0.6) is 0 Å². The number of carbonyl (C=O) groups excluding carboxylic acids is 1. The number of rotatable bonds is 12. The van der Waals surface area contributed by atoms with Gasteiger partial charge in [0.15, 0.2) is 0 Å². The van der Waals surface area contributed by atoms with E-state index in [-0.39, 0.29) is 36.6 Å². The van der Waals surface area contributed by atoms with Gasteiger partial charge in [0.2, 0.25) is 5.91 Å². The highest BCUT2D eigenvalue weighted by molar-refractivity contribution is 5.82. The van der Waals surface area contributed by atoms with Crippen LogP contribution in [0.1, 0.15) is 89.8 Å². The number of aliphatic carboxylic acids is 1. The molecule has 2 N–H and O–H groups in total. The van der Waals surface area contributed by atoms with E-state index in [4.69, 9.17) is 0 Å². The van der Waals surface area contributed by atoms with Gasteiger partial charge in [0, 0.05) is 24.2 Å². The molecule has 2 atom stereocenters. The fraction of sp³-hybridized carbons (Fsp3) is 0.385. The van der Waals surface area contributed by atoms with Crippen molar-refractivity contribution in [3.8, 4) is 11.1 Å². The quantitative estimate of drug-likeness (QED) is 0.147. The highest BCUT2D eigenvalue weighted by Crippen LogP contribution is 2.39. The van der Waals surface area contributed by atoms with E-state index in [0.29, 0.717) is 17.3 Å². The normalized spacial score (nSPS) is 14.0. The Morgan fingerprint density at radius 1 is 1.02 bits per heavy atom. The van der Waals surface area contributed by atoms with Gasteiger partial charge in [-0.1, -0.05) is 26.0 Å². The fourth-order valence-corrected chi connectivity index (χ4v) is 7.09. The molecule has 0 spiro atoms. The topological polar surface area (TPSA) is 101 Å². The molecule has 1 aliphatic rings. The van der Waals surface area contributed by atoms with Crippen LogP contribution < -0.4 is 10.9 Å². The van der Waals surface area contributed by atoms with Crippen LogP contribution in [0.3, 0.4) is 0 Å². The molecular formula is C39H41F4N3O4. The number of benzene rings is 2. The summed E-state index contributed by atoms with van der Waals surface area (Å²) in [6, 6.07) is 10.1. The number of halogens is 4. The monoisotopic (exact) mass is 691 g/mol. The van der Waals surface area contributed by atoms with Gasteiger partial charge >= 0.3 is 12.1 Å². The number of alkyl halides is 3. The number of carboxylic acid groups (broad SMARTS) is 1. The van der Waals surface area contributed by atoms with Gasteiger partial charge in [-0.05, 0) is 133 Å². The highest BCUT2D eigenvalue weighted by atomic mass is 19.4. The number of carboxylic acids is 1. The minimum atomic E-state index is -4.80. The van der Waals surface area contributed by atoms with Gasteiger partial charge in [0.25, 0.3) is 5.56 Å². The fourth-order valence-electron chi connectivity index (χ4n) is 7.09. The average Bonchev–Trinajstić information content (AvgIpc) is 3.51. The Bertz CT molecular complexity index is 1930. The highest BCUT2D eigenvalue weighted by Gasteiger charge is 2.36. The van der Waals surface area contributed by atoms with Gasteiger partial charge in [0.05, 0.1) is 18.0 Å². The van der Waals surface area contributed by atoms with E-state index in [9.17, 15) is 37.1 Å². The summed E-state index contributed by atoms with van der Waals surface area (Å²) in [7, 11) is 0. The van der Waals surface area contributed by atoms with Crippen LogP contribution >= 0.6 is 0 Å². The van der Waals surface area contributed by atoms with Crippen molar-refractivity contribution in [2.45, 2.75) is 90.9 Å². The molecule has 2 aromatic heterocycles. The molecule has 264 valence electrons. The predicted molar refractivity (Wildman–Crippen MR) is 182 cm³/mol. The van der Waals surface area contributed by atoms with E-state index in [0.717, 1.165) is 63.4 Å². The largest absolute Gasteiger partial charge is 0.481 e. The third-order valence-corrected chi connectivity index (χ3v) is 9.28. The van der Waals surface area contributed by atoms with Crippen LogP contribution in [0, 0.1) is 25.6 Å². The van der Waals surface area contributed by atoms with Crippen LogP contribution in [-0.2, 0) is 41.4 Å². The summed E-state index contributed by atoms with van der Waals surface area (Å²) in [4.78, 5) is 43.9. The number of hydrogen-bond donors (Lipinski definition) is 2. The van der Waals surface area contributed by atoms with Gasteiger partial charge < -0.3 is 15.0 Å². The molecule has 0 saturated heterocycles. The molecule has 50 heavy (non-hydrogen) atoms. The Balaban J connectivity index is 1.56. The smallest absolute Gasteiger partial charge is 0.416 e. The van der Waals surface area contributed by atoms with E-state index >= 15 is 0 Å². The lowest BCUT2D eigenvalue weighted by atomic mass is 9.87. The van der Waals surface area contributed by atoms with E-state index < -0.39 is 47.7 Å². The molecule has 1 aliphatic carbocycles. The summed E-state index contributed by atoms with van der Waals surface area (Å²) in [5.41, 5.74) is 4.17. The Morgan fingerprint density at radius 3 is 2.36 bits per heavy atom. The second-order valence-electron chi connectivity index (χ2n) is 13.6. The van der Waals surface area contributed by atoms with Gasteiger partial charge in [-0.2, -0.15) is 13.2 Å². The number of carbonyl (C=O) groups is 2. The number of aryl methyl sites for hydroxylation is 5. The SMILES string of the molecule is Cc1cc(F)cc(C)c1-c1cc(C(CC(=O)O)NC(=O)C(CC(C)C)n2cc(CCc3ccccn3)c(C(F)(F)F)cc2=O)cc2c1CCC2. The Hall–Kier alpha value is -4.80.